The lowest BCUT2D eigenvalue weighted by Crippen LogP contribution is -2.13. The van der Waals surface area contributed by atoms with Gasteiger partial charge in [0.05, 0.1) is 11.5 Å². The van der Waals surface area contributed by atoms with Crippen LogP contribution in [-0.2, 0) is 4.74 Å². The highest BCUT2D eigenvalue weighted by Crippen LogP contribution is 2.31. The largest absolute Gasteiger partial charge is 0.379 e. The van der Waals surface area contributed by atoms with Crippen LogP contribution in [0, 0.1) is 16.0 Å². The molecular formula is C12H17ClN2O3. The summed E-state index contributed by atoms with van der Waals surface area (Å²) in [6.45, 7) is 5.82. The van der Waals surface area contributed by atoms with Gasteiger partial charge in [0.2, 0.25) is 0 Å². The van der Waals surface area contributed by atoms with Gasteiger partial charge in [0.15, 0.2) is 0 Å². The summed E-state index contributed by atoms with van der Waals surface area (Å²) in [6.07, 6.45) is 0. The molecule has 18 heavy (non-hydrogen) atoms. The van der Waals surface area contributed by atoms with Gasteiger partial charge < -0.3 is 10.1 Å². The fraction of sp³-hybridized carbons (Fsp3) is 0.500. The smallest absolute Gasteiger partial charge is 0.310 e. The van der Waals surface area contributed by atoms with Crippen LogP contribution in [-0.4, -0.2) is 24.7 Å². The number of hydrogen-bond donors (Lipinski definition) is 1. The Labute approximate surface area is 111 Å². The van der Waals surface area contributed by atoms with Crippen molar-refractivity contribution in [3.63, 3.8) is 0 Å². The second-order valence-electron chi connectivity index (χ2n) is 4.29. The van der Waals surface area contributed by atoms with Crippen LogP contribution in [0.15, 0.2) is 18.2 Å². The summed E-state index contributed by atoms with van der Waals surface area (Å²) in [5, 5.41) is 14.0. The molecule has 0 bridgehead atoms. The monoisotopic (exact) mass is 272 g/mol. The SMILES string of the molecule is CC(C)COCCNc1cccc(Cl)c1[N+](=O)[O-]. The van der Waals surface area contributed by atoms with E-state index >= 15 is 0 Å². The minimum absolute atomic E-state index is 0.0944. The number of nitro benzene ring substituents is 1. The number of para-hydroxylation sites is 1. The summed E-state index contributed by atoms with van der Waals surface area (Å²) in [4.78, 5) is 10.4. The van der Waals surface area contributed by atoms with E-state index in [1.165, 1.54) is 6.07 Å². The van der Waals surface area contributed by atoms with E-state index in [1.54, 1.807) is 12.1 Å². The molecule has 1 rings (SSSR count). The van der Waals surface area contributed by atoms with Gasteiger partial charge in [-0.3, -0.25) is 10.1 Å². The number of nitrogens with one attached hydrogen (secondary N) is 1. The first-order valence-corrected chi connectivity index (χ1v) is 6.14. The molecule has 0 saturated carbocycles. The standard InChI is InChI=1S/C12H17ClN2O3/c1-9(2)8-18-7-6-14-11-5-3-4-10(13)12(11)15(16)17/h3-5,9,14H,6-8H2,1-2H3. The highest BCUT2D eigenvalue weighted by Gasteiger charge is 2.17. The Hall–Kier alpha value is -1.33. The van der Waals surface area contributed by atoms with Crippen LogP contribution in [0.4, 0.5) is 11.4 Å². The summed E-state index contributed by atoms with van der Waals surface area (Å²) >= 11 is 5.79. The second-order valence-corrected chi connectivity index (χ2v) is 4.70. The van der Waals surface area contributed by atoms with Crippen LogP contribution < -0.4 is 5.32 Å². The van der Waals surface area contributed by atoms with E-state index in [9.17, 15) is 10.1 Å². The quantitative estimate of drug-likeness (QED) is 0.470. The number of hydrogen-bond acceptors (Lipinski definition) is 4. The topological polar surface area (TPSA) is 64.4 Å². The fourth-order valence-corrected chi connectivity index (χ4v) is 1.66. The number of ether oxygens (including phenoxy) is 1. The zero-order valence-corrected chi connectivity index (χ0v) is 11.2. The first-order chi connectivity index (χ1) is 8.52. The van der Waals surface area contributed by atoms with Crippen molar-refractivity contribution < 1.29 is 9.66 Å². The maximum Gasteiger partial charge on any atom is 0.310 e. The van der Waals surface area contributed by atoms with Crippen LogP contribution in [0.2, 0.25) is 5.02 Å². The van der Waals surface area contributed by atoms with Gasteiger partial charge in [0, 0.05) is 13.2 Å². The molecule has 0 aromatic heterocycles. The zero-order valence-electron chi connectivity index (χ0n) is 10.5. The van der Waals surface area contributed by atoms with Crippen molar-refractivity contribution in [3.8, 4) is 0 Å². The van der Waals surface area contributed by atoms with E-state index in [0.29, 0.717) is 31.4 Å². The van der Waals surface area contributed by atoms with Crippen molar-refractivity contribution in [2.75, 3.05) is 25.1 Å². The van der Waals surface area contributed by atoms with E-state index in [1.807, 2.05) is 0 Å². The van der Waals surface area contributed by atoms with Crippen molar-refractivity contribution in [1.29, 1.82) is 0 Å². The normalized spacial score (nSPS) is 10.7. The molecular weight excluding hydrogens is 256 g/mol. The van der Waals surface area contributed by atoms with E-state index in [2.05, 4.69) is 19.2 Å². The predicted molar refractivity (Wildman–Crippen MR) is 72.3 cm³/mol. The summed E-state index contributed by atoms with van der Waals surface area (Å²) in [7, 11) is 0. The third-order valence-electron chi connectivity index (χ3n) is 2.18. The maximum absolute atomic E-state index is 10.9. The lowest BCUT2D eigenvalue weighted by Gasteiger charge is -2.09. The highest BCUT2D eigenvalue weighted by molar-refractivity contribution is 6.33. The fourth-order valence-electron chi connectivity index (χ4n) is 1.42. The van der Waals surface area contributed by atoms with Gasteiger partial charge in [0.1, 0.15) is 10.7 Å². The molecule has 0 aliphatic carbocycles. The van der Waals surface area contributed by atoms with Crippen LogP contribution in [0.1, 0.15) is 13.8 Å². The van der Waals surface area contributed by atoms with Crippen LogP contribution in [0.25, 0.3) is 0 Å². The molecule has 0 aliphatic rings. The number of halogens is 1. The molecule has 0 amide bonds. The van der Waals surface area contributed by atoms with Gasteiger partial charge in [-0.1, -0.05) is 31.5 Å². The third kappa shape index (κ3) is 4.50. The summed E-state index contributed by atoms with van der Waals surface area (Å²) < 4.78 is 5.38. The molecule has 1 N–H and O–H groups in total. The molecule has 1 aromatic carbocycles. The molecule has 5 nitrogen and oxygen atoms in total. The molecule has 0 atom stereocenters. The molecule has 0 saturated heterocycles. The lowest BCUT2D eigenvalue weighted by molar-refractivity contribution is -0.383. The van der Waals surface area contributed by atoms with Crippen molar-refractivity contribution in [1.82, 2.24) is 0 Å². The van der Waals surface area contributed by atoms with E-state index < -0.39 is 4.92 Å². The highest BCUT2D eigenvalue weighted by atomic mass is 35.5. The molecule has 0 unspecified atom stereocenters. The minimum atomic E-state index is -0.486. The molecule has 0 heterocycles. The molecule has 100 valence electrons. The van der Waals surface area contributed by atoms with Gasteiger partial charge in [-0.2, -0.15) is 0 Å². The number of benzene rings is 1. The maximum atomic E-state index is 10.9. The van der Waals surface area contributed by atoms with Crippen LogP contribution in [0.5, 0.6) is 0 Å². The van der Waals surface area contributed by atoms with Crippen molar-refractivity contribution in [3.05, 3.63) is 33.3 Å². The van der Waals surface area contributed by atoms with Crippen molar-refractivity contribution in [2.45, 2.75) is 13.8 Å². The Morgan fingerprint density at radius 2 is 2.22 bits per heavy atom. The van der Waals surface area contributed by atoms with Crippen molar-refractivity contribution >= 4 is 23.0 Å². The molecule has 0 fully saturated rings. The minimum Gasteiger partial charge on any atom is -0.379 e. The van der Waals surface area contributed by atoms with Gasteiger partial charge in [-0.05, 0) is 18.1 Å². The average Bonchev–Trinajstić information content (AvgIpc) is 2.27. The zero-order chi connectivity index (χ0) is 13.5. The summed E-state index contributed by atoms with van der Waals surface area (Å²) in [6, 6.07) is 4.80. The van der Waals surface area contributed by atoms with Gasteiger partial charge >= 0.3 is 5.69 Å². The van der Waals surface area contributed by atoms with E-state index in [4.69, 9.17) is 16.3 Å². The van der Waals surface area contributed by atoms with E-state index in [-0.39, 0.29) is 10.7 Å². The molecule has 1 aromatic rings. The van der Waals surface area contributed by atoms with Gasteiger partial charge in [-0.25, -0.2) is 0 Å². The Balaban J connectivity index is 2.52. The molecule has 6 heteroatoms. The predicted octanol–water partition coefficient (Wildman–Crippen LogP) is 3.33. The van der Waals surface area contributed by atoms with Gasteiger partial charge in [-0.15, -0.1) is 0 Å². The van der Waals surface area contributed by atoms with Crippen LogP contribution in [0.3, 0.4) is 0 Å². The Kier molecular flexibility index (Phi) is 5.88. The number of rotatable bonds is 7. The number of anilines is 1. The van der Waals surface area contributed by atoms with Crippen molar-refractivity contribution in [2.24, 2.45) is 5.92 Å². The Morgan fingerprint density at radius 3 is 2.83 bits per heavy atom. The number of nitro groups is 1. The van der Waals surface area contributed by atoms with Crippen LogP contribution >= 0.6 is 11.6 Å². The Bertz CT molecular complexity index is 410. The number of nitrogens with zero attached hydrogens (tertiary/aromatic N) is 1. The summed E-state index contributed by atoms with van der Waals surface area (Å²) in [5.74, 6) is 0.477. The first kappa shape index (κ1) is 14.7. The molecule has 0 radical (unpaired) electrons. The average molecular weight is 273 g/mol. The first-order valence-electron chi connectivity index (χ1n) is 5.77. The Morgan fingerprint density at radius 1 is 1.50 bits per heavy atom. The second kappa shape index (κ2) is 7.18. The lowest BCUT2D eigenvalue weighted by atomic mass is 10.2. The van der Waals surface area contributed by atoms with E-state index in [0.717, 1.165) is 0 Å². The molecule has 0 aliphatic heterocycles. The molecule has 0 spiro atoms. The summed E-state index contributed by atoms with van der Waals surface area (Å²) in [5.41, 5.74) is 0.323. The third-order valence-corrected chi connectivity index (χ3v) is 2.49. The van der Waals surface area contributed by atoms with Gasteiger partial charge in [0.25, 0.3) is 0 Å².